The number of rotatable bonds is 11. The molecule has 0 aliphatic carbocycles. The summed E-state index contributed by atoms with van der Waals surface area (Å²) in [5, 5.41) is 0. The fourth-order valence-corrected chi connectivity index (χ4v) is 1.62. The van der Waals surface area contributed by atoms with Crippen LogP contribution in [0.15, 0.2) is 24.3 Å². The predicted molar refractivity (Wildman–Crippen MR) is 76.4 cm³/mol. The molecule has 1 aromatic rings. The van der Waals surface area contributed by atoms with Crippen molar-refractivity contribution in [3.63, 3.8) is 0 Å². The van der Waals surface area contributed by atoms with Crippen LogP contribution in [-0.4, -0.2) is 33.0 Å². The van der Waals surface area contributed by atoms with E-state index in [0.717, 1.165) is 30.8 Å². The van der Waals surface area contributed by atoms with Gasteiger partial charge in [-0.3, -0.25) is 0 Å². The number of benzene rings is 1. The Morgan fingerprint density at radius 1 is 0.947 bits per heavy atom. The Balaban J connectivity index is 2.01. The minimum Gasteiger partial charge on any atom is -0.493 e. The van der Waals surface area contributed by atoms with Gasteiger partial charge in [0.2, 0.25) is 0 Å². The summed E-state index contributed by atoms with van der Waals surface area (Å²) in [5.74, 6) is 0.872. The van der Waals surface area contributed by atoms with E-state index in [4.69, 9.17) is 19.9 Å². The van der Waals surface area contributed by atoms with Gasteiger partial charge in [0.25, 0.3) is 0 Å². The highest BCUT2D eigenvalue weighted by Gasteiger charge is 2.00. The van der Waals surface area contributed by atoms with E-state index in [2.05, 4.69) is 6.92 Å². The highest BCUT2D eigenvalue weighted by Crippen LogP contribution is 2.16. The van der Waals surface area contributed by atoms with E-state index in [1.807, 2.05) is 24.3 Å². The molecule has 0 amide bonds. The van der Waals surface area contributed by atoms with Crippen LogP contribution in [0.3, 0.4) is 0 Å². The summed E-state index contributed by atoms with van der Waals surface area (Å²) in [6.07, 6.45) is 1.92. The summed E-state index contributed by atoms with van der Waals surface area (Å²) in [5.41, 5.74) is 6.68. The lowest BCUT2D eigenvalue weighted by molar-refractivity contribution is 0.0437. The molecule has 0 aliphatic rings. The molecule has 0 aliphatic heterocycles. The van der Waals surface area contributed by atoms with E-state index in [9.17, 15) is 0 Å². The Hall–Kier alpha value is -1.10. The smallest absolute Gasteiger partial charge is 0.123 e. The largest absolute Gasteiger partial charge is 0.493 e. The van der Waals surface area contributed by atoms with E-state index in [1.54, 1.807) is 0 Å². The van der Waals surface area contributed by atoms with Gasteiger partial charge in [-0.1, -0.05) is 25.1 Å². The first-order valence-electron chi connectivity index (χ1n) is 6.94. The van der Waals surface area contributed by atoms with Gasteiger partial charge in [-0.15, -0.1) is 0 Å². The zero-order chi connectivity index (χ0) is 13.8. The van der Waals surface area contributed by atoms with Crippen molar-refractivity contribution < 1.29 is 14.2 Å². The monoisotopic (exact) mass is 267 g/mol. The Kier molecular flexibility index (Phi) is 9.06. The summed E-state index contributed by atoms with van der Waals surface area (Å²) in [6, 6.07) is 7.85. The zero-order valence-electron chi connectivity index (χ0n) is 11.8. The summed E-state index contributed by atoms with van der Waals surface area (Å²) in [6.45, 7) is 6.07. The molecule has 108 valence electrons. The lowest BCUT2D eigenvalue weighted by Gasteiger charge is -2.10. The molecule has 1 rings (SSSR count). The van der Waals surface area contributed by atoms with Gasteiger partial charge in [0.05, 0.1) is 19.8 Å². The number of para-hydroxylation sites is 1. The van der Waals surface area contributed by atoms with Gasteiger partial charge in [-0.05, 0) is 12.5 Å². The van der Waals surface area contributed by atoms with Crippen molar-refractivity contribution in [3.8, 4) is 5.75 Å². The van der Waals surface area contributed by atoms with Crippen molar-refractivity contribution in [1.29, 1.82) is 0 Å². The van der Waals surface area contributed by atoms with Crippen LogP contribution in [0.25, 0.3) is 0 Å². The van der Waals surface area contributed by atoms with Gasteiger partial charge in [0, 0.05) is 31.7 Å². The second kappa shape index (κ2) is 10.8. The van der Waals surface area contributed by atoms with Crippen LogP contribution < -0.4 is 10.5 Å². The maximum Gasteiger partial charge on any atom is 0.123 e. The van der Waals surface area contributed by atoms with Crippen LogP contribution in [0.5, 0.6) is 5.75 Å². The molecule has 0 fully saturated rings. The van der Waals surface area contributed by atoms with E-state index in [1.165, 1.54) is 0 Å². The van der Waals surface area contributed by atoms with Crippen molar-refractivity contribution in [2.45, 2.75) is 26.3 Å². The number of hydrogen-bond donors (Lipinski definition) is 1. The molecule has 0 radical (unpaired) electrons. The van der Waals surface area contributed by atoms with E-state index < -0.39 is 0 Å². The van der Waals surface area contributed by atoms with Crippen LogP contribution in [0, 0.1) is 0 Å². The second-order valence-electron chi connectivity index (χ2n) is 4.24. The Morgan fingerprint density at radius 3 is 2.42 bits per heavy atom. The molecule has 0 saturated heterocycles. The van der Waals surface area contributed by atoms with Crippen molar-refractivity contribution in [2.24, 2.45) is 5.73 Å². The molecular weight excluding hydrogens is 242 g/mol. The molecule has 2 N–H and O–H groups in total. The van der Waals surface area contributed by atoms with Gasteiger partial charge >= 0.3 is 0 Å². The minimum absolute atomic E-state index is 0.501. The third-order valence-corrected chi connectivity index (χ3v) is 2.60. The zero-order valence-corrected chi connectivity index (χ0v) is 11.8. The van der Waals surface area contributed by atoms with Gasteiger partial charge in [0.1, 0.15) is 5.75 Å². The van der Waals surface area contributed by atoms with Crippen LogP contribution in [0.4, 0.5) is 0 Å². The Morgan fingerprint density at radius 2 is 1.68 bits per heavy atom. The van der Waals surface area contributed by atoms with Crippen molar-refractivity contribution in [1.82, 2.24) is 0 Å². The van der Waals surface area contributed by atoms with E-state index in [0.29, 0.717) is 33.0 Å². The first kappa shape index (κ1) is 16.0. The minimum atomic E-state index is 0.501. The number of nitrogens with two attached hydrogens (primary N) is 1. The van der Waals surface area contributed by atoms with E-state index in [-0.39, 0.29) is 0 Å². The average Bonchev–Trinajstić information content (AvgIpc) is 2.46. The first-order valence-corrected chi connectivity index (χ1v) is 6.94. The average molecular weight is 267 g/mol. The SMILES string of the molecule is CCCOCCOCCCOc1ccccc1CN. The second-order valence-corrected chi connectivity index (χ2v) is 4.24. The molecule has 0 bridgehead atoms. The summed E-state index contributed by atoms with van der Waals surface area (Å²) in [7, 11) is 0. The topological polar surface area (TPSA) is 53.7 Å². The Bertz CT molecular complexity index is 331. The van der Waals surface area contributed by atoms with Crippen LogP contribution in [0.1, 0.15) is 25.3 Å². The number of ether oxygens (including phenoxy) is 3. The Labute approximate surface area is 115 Å². The van der Waals surface area contributed by atoms with Crippen molar-refractivity contribution in [2.75, 3.05) is 33.0 Å². The number of hydrogen-bond acceptors (Lipinski definition) is 4. The van der Waals surface area contributed by atoms with Gasteiger partial charge in [-0.2, -0.15) is 0 Å². The molecule has 4 nitrogen and oxygen atoms in total. The molecule has 1 aromatic carbocycles. The molecule has 0 heterocycles. The normalized spacial score (nSPS) is 10.6. The highest BCUT2D eigenvalue weighted by molar-refractivity contribution is 5.32. The fraction of sp³-hybridized carbons (Fsp3) is 0.600. The predicted octanol–water partition coefficient (Wildman–Crippen LogP) is 2.36. The molecule has 0 aromatic heterocycles. The molecule has 0 atom stereocenters. The molecule has 0 unspecified atom stereocenters. The van der Waals surface area contributed by atoms with Crippen LogP contribution in [0.2, 0.25) is 0 Å². The van der Waals surface area contributed by atoms with Crippen LogP contribution >= 0.6 is 0 Å². The highest BCUT2D eigenvalue weighted by atomic mass is 16.5. The molecule has 19 heavy (non-hydrogen) atoms. The molecule has 0 saturated carbocycles. The maximum atomic E-state index is 5.68. The van der Waals surface area contributed by atoms with Gasteiger partial charge in [-0.25, -0.2) is 0 Å². The lowest BCUT2D eigenvalue weighted by atomic mass is 10.2. The quantitative estimate of drug-likeness (QED) is 0.625. The van der Waals surface area contributed by atoms with E-state index >= 15 is 0 Å². The standard InChI is InChI=1S/C15H25NO3/c1-2-8-17-11-12-18-9-5-10-19-15-7-4-3-6-14(15)13-16/h3-4,6-7H,2,5,8-13,16H2,1H3. The molecule has 0 spiro atoms. The maximum absolute atomic E-state index is 5.68. The molecular formula is C15H25NO3. The van der Waals surface area contributed by atoms with Crippen molar-refractivity contribution in [3.05, 3.63) is 29.8 Å². The third-order valence-electron chi connectivity index (χ3n) is 2.60. The van der Waals surface area contributed by atoms with Crippen LogP contribution in [-0.2, 0) is 16.0 Å². The summed E-state index contributed by atoms with van der Waals surface area (Å²) < 4.78 is 16.4. The fourth-order valence-electron chi connectivity index (χ4n) is 1.62. The third kappa shape index (κ3) is 7.15. The summed E-state index contributed by atoms with van der Waals surface area (Å²) in [4.78, 5) is 0. The van der Waals surface area contributed by atoms with Gasteiger partial charge in [0.15, 0.2) is 0 Å². The summed E-state index contributed by atoms with van der Waals surface area (Å²) >= 11 is 0. The van der Waals surface area contributed by atoms with Crippen molar-refractivity contribution >= 4 is 0 Å². The molecule has 4 heteroatoms. The first-order chi connectivity index (χ1) is 9.38. The van der Waals surface area contributed by atoms with Gasteiger partial charge < -0.3 is 19.9 Å². The lowest BCUT2D eigenvalue weighted by Crippen LogP contribution is -2.09.